The van der Waals surface area contributed by atoms with E-state index in [-0.39, 0.29) is 10.4 Å². The lowest BCUT2D eigenvalue weighted by Gasteiger charge is -2.26. The fourth-order valence-corrected chi connectivity index (χ4v) is 2.93. The lowest BCUT2D eigenvalue weighted by atomic mass is 10.1. The molecule has 0 aliphatic carbocycles. The number of benzene rings is 1. The number of nitrogens with one attached hydrogen (secondary N) is 1. The lowest BCUT2D eigenvalue weighted by molar-refractivity contribution is 0.0678. The van der Waals surface area contributed by atoms with E-state index in [2.05, 4.69) is 21.2 Å². The molecular formula is C15H20BrFN2O2. The predicted octanol–water partition coefficient (Wildman–Crippen LogP) is 2.43. The van der Waals surface area contributed by atoms with Crippen molar-refractivity contribution in [3.05, 3.63) is 34.1 Å². The number of methoxy groups -OCH3 is 1. The van der Waals surface area contributed by atoms with Gasteiger partial charge in [-0.1, -0.05) is 6.07 Å². The molecule has 0 radical (unpaired) electrons. The van der Waals surface area contributed by atoms with E-state index in [1.807, 2.05) is 0 Å². The van der Waals surface area contributed by atoms with Gasteiger partial charge in [0.1, 0.15) is 5.82 Å². The van der Waals surface area contributed by atoms with Crippen molar-refractivity contribution in [2.45, 2.75) is 18.9 Å². The molecular weight excluding hydrogens is 339 g/mol. The fraction of sp³-hybridized carbons (Fsp3) is 0.533. The number of carbonyl (C=O) groups is 1. The average Bonchev–Trinajstić information content (AvgIpc) is 2.98. The van der Waals surface area contributed by atoms with E-state index in [9.17, 15) is 9.18 Å². The summed E-state index contributed by atoms with van der Waals surface area (Å²) in [6.45, 7) is 2.56. The monoisotopic (exact) mass is 358 g/mol. The van der Waals surface area contributed by atoms with Crippen molar-refractivity contribution in [3.8, 4) is 0 Å². The standard InChI is InChI=1S/C15H20BrFN2O2/c1-21-9-8-19(10-11-4-3-7-18-11)15(20)12-5-2-6-13(17)14(12)16/h2,5-6,11,18H,3-4,7-10H2,1H3. The summed E-state index contributed by atoms with van der Waals surface area (Å²) in [6, 6.07) is 4.82. The number of nitrogens with zero attached hydrogens (tertiary/aromatic N) is 1. The Hall–Kier alpha value is -0.980. The van der Waals surface area contributed by atoms with Gasteiger partial charge in [0, 0.05) is 26.2 Å². The van der Waals surface area contributed by atoms with Crippen LogP contribution in [0.2, 0.25) is 0 Å². The zero-order valence-corrected chi connectivity index (χ0v) is 13.7. The van der Waals surface area contributed by atoms with Crippen LogP contribution in [-0.4, -0.2) is 50.2 Å². The van der Waals surface area contributed by atoms with E-state index in [1.165, 1.54) is 6.07 Å². The van der Waals surface area contributed by atoms with Crippen molar-refractivity contribution in [3.63, 3.8) is 0 Å². The van der Waals surface area contributed by atoms with E-state index >= 15 is 0 Å². The quantitative estimate of drug-likeness (QED) is 0.848. The molecule has 1 atom stereocenters. The Morgan fingerprint density at radius 2 is 2.38 bits per heavy atom. The highest BCUT2D eigenvalue weighted by Gasteiger charge is 2.24. The van der Waals surface area contributed by atoms with Gasteiger partial charge >= 0.3 is 0 Å². The summed E-state index contributed by atoms with van der Waals surface area (Å²) < 4.78 is 18.9. The normalized spacial score (nSPS) is 18.0. The van der Waals surface area contributed by atoms with Crippen LogP contribution in [0.4, 0.5) is 4.39 Å². The molecule has 0 saturated carbocycles. The van der Waals surface area contributed by atoms with E-state index < -0.39 is 5.82 Å². The van der Waals surface area contributed by atoms with Crippen LogP contribution in [0.5, 0.6) is 0 Å². The Morgan fingerprint density at radius 1 is 1.57 bits per heavy atom. The highest BCUT2D eigenvalue weighted by atomic mass is 79.9. The van der Waals surface area contributed by atoms with Gasteiger partial charge in [0.2, 0.25) is 0 Å². The highest BCUT2D eigenvalue weighted by Crippen LogP contribution is 2.22. The maximum atomic E-state index is 13.6. The van der Waals surface area contributed by atoms with E-state index in [4.69, 9.17) is 4.74 Å². The Balaban J connectivity index is 2.13. The summed E-state index contributed by atoms with van der Waals surface area (Å²) in [4.78, 5) is 14.4. The minimum atomic E-state index is -0.425. The van der Waals surface area contributed by atoms with Crippen molar-refractivity contribution >= 4 is 21.8 Å². The molecule has 1 amide bonds. The summed E-state index contributed by atoms with van der Waals surface area (Å²) in [5.41, 5.74) is 0.351. The number of hydrogen-bond donors (Lipinski definition) is 1. The Morgan fingerprint density at radius 3 is 3.05 bits per heavy atom. The predicted molar refractivity (Wildman–Crippen MR) is 82.9 cm³/mol. The first-order valence-corrected chi connectivity index (χ1v) is 7.88. The molecule has 0 bridgehead atoms. The van der Waals surface area contributed by atoms with Gasteiger partial charge < -0.3 is 15.0 Å². The van der Waals surface area contributed by atoms with Gasteiger partial charge in [0.05, 0.1) is 16.6 Å². The highest BCUT2D eigenvalue weighted by molar-refractivity contribution is 9.10. The lowest BCUT2D eigenvalue weighted by Crippen LogP contribution is -2.42. The Labute approximate surface area is 132 Å². The third kappa shape index (κ3) is 4.25. The smallest absolute Gasteiger partial charge is 0.255 e. The minimum Gasteiger partial charge on any atom is -0.383 e. The molecule has 1 heterocycles. The topological polar surface area (TPSA) is 41.6 Å². The van der Waals surface area contributed by atoms with Crippen LogP contribution >= 0.6 is 15.9 Å². The van der Waals surface area contributed by atoms with Gasteiger partial charge in [-0.2, -0.15) is 0 Å². The van der Waals surface area contributed by atoms with E-state index in [1.54, 1.807) is 24.1 Å². The summed E-state index contributed by atoms with van der Waals surface area (Å²) in [6.07, 6.45) is 2.18. The largest absolute Gasteiger partial charge is 0.383 e. The fourth-order valence-electron chi connectivity index (χ4n) is 2.50. The van der Waals surface area contributed by atoms with Gasteiger partial charge in [0.25, 0.3) is 5.91 Å². The van der Waals surface area contributed by atoms with Crippen molar-refractivity contribution in [2.75, 3.05) is 33.4 Å². The van der Waals surface area contributed by atoms with Crippen LogP contribution < -0.4 is 5.32 Å². The maximum absolute atomic E-state index is 13.6. The van der Waals surface area contributed by atoms with Gasteiger partial charge in [-0.05, 0) is 47.4 Å². The first kappa shape index (κ1) is 16.4. The molecule has 0 aromatic heterocycles. The number of rotatable bonds is 6. The third-order valence-electron chi connectivity index (χ3n) is 3.64. The van der Waals surface area contributed by atoms with Crippen LogP contribution in [0.1, 0.15) is 23.2 Å². The number of carbonyl (C=O) groups excluding carboxylic acids is 1. The minimum absolute atomic E-state index is 0.174. The van der Waals surface area contributed by atoms with E-state index in [0.29, 0.717) is 31.3 Å². The number of ether oxygens (including phenoxy) is 1. The molecule has 1 aliphatic rings. The zero-order valence-electron chi connectivity index (χ0n) is 12.1. The second kappa shape index (κ2) is 7.87. The number of hydrogen-bond acceptors (Lipinski definition) is 3. The molecule has 0 spiro atoms. The Bertz CT molecular complexity index is 493. The summed E-state index contributed by atoms with van der Waals surface area (Å²) in [7, 11) is 1.61. The van der Waals surface area contributed by atoms with Crippen molar-refractivity contribution < 1.29 is 13.9 Å². The second-order valence-electron chi connectivity index (χ2n) is 5.14. The summed E-state index contributed by atoms with van der Waals surface area (Å²) in [5.74, 6) is -0.598. The van der Waals surface area contributed by atoms with Crippen molar-refractivity contribution in [2.24, 2.45) is 0 Å². The number of halogens is 2. The molecule has 1 unspecified atom stereocenters. The summed E-state index contributed by atoms with van der Waals surface area (Å²) in [5, 5.41) is 3.38. The van der Waals surface area contributed by atoms with E-state index in [0.717, 1.165) is 19.4 Å². The molecule has 6 heteroatoms. The molecule has 4 nitrogen and oxygen atoms in total. The maximum Gasteiger partial charge on any atom is 0.255 e. The first-order chi connectivity index (χ1) is 10.1. The molecule has 1 aromatic carbocycles. The molecule has 1 N–H and O–H groups in total. The zero-order chi connectivity index (χ0) is 15.2. The van der Waals surface area contributed by atoms with Crippen LogP contribution in [-0.2, 0) is 4.74 Å². The second-order valence-corrected chi connectivity index (χ2v) is 5.93. The molecule has 2 rings (SSSR count). The van der Waals surface area contributed by atoms with Crippen molar-refractivity contribution in [1.29, 1.82) is 0 Å². The van der Waals surface area contributed by atoms with Gasteiger partial charge in [-0.3, -0.25) is 4.79 Å². The van der Waals surface area contributed by atoms with Crippen LogP contribution in [0, 0.1) is 5.82 Å². The van der Waals surface area contributed by atoms with Crippen molar-refractivity contribution in [1.82, 2.24) is 10.2 Å². The van der Waals surface area contributed by atoms with Crippen LogP contribution in [0.15, 0.2) is 22.7 Å². The van der Waals surface area contributed by atoms with Gasteiger partial charge in [-0.15, -0.1) is 0 Å². The molecule has 116 valence electrons. The summed E-state index contributed by atoms with van der Waals surface area (Å²) >= 11 is 3.16. The third-order valence-corrected chi connectivity index (χ3v) is 4.44. The molecule has 21 heavy (non-hydrogen) atoms. The number of amides is 1. The average molecular weight is 359 g/mol. The van der Waals surface area contributed by atoms with Gasteiger partial charge in [-0.25, -0.2) is 4.39 Å². The SMILES string of the molecule is COCCN(CC1CCCN1)C(=O)c1cccc(F)c1Br. The van der Waals surface area contributed by atoms with Crippen LogP contribution in [0.3, 0.4) is 0 Å². The molecule has 1 fully saturated rings. The first-order valence-electron chi connectivity index (χ1n) is 7.09. The molecule has 1 saturated heterocycles. The molecule has 1 aliphatic heterocycles. The molecule has 1 aromatic rings. The Kier molecular flexibility index (Phi) is 6.14. The van der Waals surface area contributed by atoms with Gasteiger partial charge in [0.15, 0.2) is 0 Å². The van der Waals surface area contributed by atoms with Crippen LogP contribution in [0.25, 0.3) is 0 Å².